The number of hydrogen-bond donors (Lipinski definition) is 1. The maximum absolute atomic E-state index is 12.3. The number of ether oxygens (including phenoxy) is 1. The number of carbonyl (C=O) groups is 1. The Hall–Kier alpha value is -2.13. The van der Waals surface area contributed by atoms with Crippen LogP contribution in [-0.4, -0.2) is 26.0 Å². The molecule has 3 nitrogen and oxygen atoms in total. The highest BCUT2D eigenvalue weighted by molar-refractivity contribution is 6.09. The highest BCUT2D eigenvalue weighted by atomic mass is 16.5. The van der Waals surface area contributed by atoms with Crippen LogP contribution in [-0.2, 0) is 4.74 Å². The van der Waals surface area contributed by atoms with E-state index in [2.05, 4.69) is 5.32 Å². The van der Waals surface area contributed by atoms with Gasteiger partial charge in [0, 0.05) is 30.5 Å². The summed E-state index contributed by atoms with van der Waals surface area (Å²) in [6, 6.07) is 15.1. The number of anilines is 1. The highest BCUT2D eigenvalue weighted by Crippen LogP contribution is 2.14. The van der Waals surface area contributed by atoms with Crippen molar-refractivity contribution in [1.29, 1.82) is 0 Å². The van der Waals surface area contributed by atoms with E-state index in [9.17, 15) is 4.79 Å². The lowest BCUT2D eigenvalue weighted by molar-refractivity contribution is 0.103. The molecular weight excluding hydrogens is 250 g/mol. The van der Waals surface area contributed by atoms with Crippen molar-refractivity contribution in [3.05, 3.63) is 65.2 Å². The standard InChI is InChI=1S/C17H19NO2/c1-13-3-5-14(6-4-13)17(19)15-7-9-16(10-8-15)18-11-12-20-2/h3-10,18H,11-12H2,1-2H3. The van der Waals surface area contributed by atoms with Crippen LogP contribution in [0.5, 0.6) is 0 Å². The lowest BCUT2D eigenvalue weighted by Crippen LogP contribution is -2.08. The normalized spacial score (nSPS) is 10.3. The molecule has 0 aliphatic rings. The minimum atomic E-state index is 0.0495. The van der Waals surface area contributed by atoms with E-state index in [1.54, 1.807) is 7.11 Å². The number of rotatable bonds is 6. The van der Waals surface area contributed by atoms with E-state index in [1.807, 2.05) is 55.5 Å². The number of nitrogens with one attached hydrogen (secondary N) is 1. The molecule has 0 aromatic heterocycles. The molecule has 0 saturated carbocycles. The SMILES string of the molecule is COCCNc1ccc(C(=O)c2ccc(C)cc2)cc1. The van der Waals surface area contributed by atoms with E-state index in [0.29, 0.717) is 12.2 Å². The second kappa shape index (κ2) is 6.87. The molecular formula is C17H19NO2. The van der Waals surface area contributed by atoms with Crippen LogP contribution in [0.1, 0.15) is 21.5 Å². The van der Waals surface area contributed by atoms with E-state index < -0.39 is 0 Å². The first-order valence-corrected chi connectivity index (χ1v) is 6.65. The fourth-order valence-corrected chi connectivity index (χ4v) is 1.91. The Balaban J connectivity index is 2.05. The molecule has 0 fully saturated rings. The van der Waals surface area contributed by atoms with E-state index in [1.165, 1.54) is 0 Å². The molecule has 0 amide bonds. The third-order valence-corrected chi connectivity index (χ3v) is 3.10. The number of aryl methyl sites for hydroxylation is 1. The van der Waals surface area contributed by atoms with Gasteiger partial charge in [-0.1, -0.05) is 29.8 Å². The molecule has 0 aliphatic carbocycles. The predicted octanol–water partition coefficient (Wildman–Crippen LogP) is 3.28. The van der Waals surface area contributed by atoms with Crippen molar-refractivity contribution < 1.29 is 9.53 Å². The van der Waals surface area contributed by atoms with E-state index in [4.69, 9.17) is 4.74 Å². The summed E-state index contributed by atoms with van der Waals surface area (Å²) in [5, 5.41) is 3.22. The van der Waals surface area contributed by atoms with Crippen molar-refractivity contribution in [2.24, 2.45) is 0 Å². The Kier molecular flexibility index (Phi) is 4.91. The first-order valence-electron chi connectivity index (χ1n) is 6.65. The molecule has 2 aromatic rings. The van der Waals surface area contributed by atoms with Gasteiger partial charge in [0.15, 0.2) is 5.78 Å². The smallest absolute Gasteiger partial charge is 0.193 e. The lowest BCUT2D eigenvalue weighted by Gasteiger charge is -2.07. The minimum Gasteiger partial charge on any atom is -0.383 e. The Morgan fingerprint density at radius 2 is 1.55 bits per heavy atom. The quantitative estimate of drug-likeness (QED) is 0.646. The monoisotopic (exact) mass is 269 g/mol. The number of hydrogen-bond acceptors (Lipinski definition) is 3. The van der Waals surface area contributed by atoms with Crippen molar-refractivity contribution in [3.8, 4) is 0 Å². The molecule has 1 N–H and O–H groups in total. The van der Waals surface area contributed by atoms with Gasteiger partial charge in [0.2, 0.25) is 0 Å². The number of carbonyl (C=O) groups excluding carboxylic acids is 1. The first-order chi connectivity index (χ1) is 9.70. The second-order valence-corrected chi connectivity index (χ2v) is 4.69. The average Bonchev–Trinajstić information content (AvgIpc) is 2.48. The van der Waals surface area contributed by atoms with Crippen LogP contribution in [0.25, 0.3) is 0 Å². The molecule has 0 bridgehead atoms. The summed E-state index contributed by atoms with van der Waals surface area (Å²) in [7, 11) is 1.67. The summed E-state index contributed by atoms with van der Waals surface area (Å²) < 4.78 is 4.98. The van der Waals surface area contributed by atoms with Crippen LogP contribution >= 0.6 is 0 Å². The fourth-order valence-electron chi connectivity index (χ4n) is 1.91. The zero-order chi connectivity index (χ0) is 14.4. The summed E-state index contributed by atoms with van der Waals surface area (Å²) in [5.74, 6) is 0.0495. The van der Waals surface area contributed by atoms with Crippen LogP contribution in [0.4, 0.5) is 5.69 Å². The molecule has 0 atom stereocenters. The van der Waals surface area contributed by atoms with Gasteiger partial charge in [-0.15, -0.1) is 0 Å². The topological polar surface area (TPSA) is 38.3 Å². The van der Waals surface area contributed by atoms with Crippen molar-refractivity contribution in [1.82, 2.24) is 0 Å². The fraction of sp³-hybridized carbons (Fsp3) is 0.235. The molecule has 0 radical (unpaired) electrons. The maximum Gasteiger partial charge on any atom is 0.193 e. The van der Waals surface area contributed by atoms with Gasteiger partial charge in [-0.3, -0.25) is 4.79 Å². The van der Waals surface area contributed by atoms with Gasteiger partial charge in [0.25, 0.3) is 0 Å². The first kappa shape index (κ1) is 14.3. The molecule has 0 saturated heterocycles. The number of methoxy groups -OCH3 is 1. The molecule has 20 heavy (non-hydrogen) atoms. The summed E-state index contributed by atoms with van der Waals surface area (Å²) in [6.07, 6.45) is 0. The van der Waals surface area contributed by atoms with Crippen LogP contribution < -0.4 is 5.32 Å². The zero-order valence-corrected chi connectivity index (χ0v) is 11.8. The van der Waals surface area contributed by atoms with Gasteiger partial charge < -0.3 is 10.1 Å². The largest absolute Gasteiger partial charge is 0.383 e. The van der Waals surface area contributed by atoms with Gasteiger partial charge in [0.05, 0.1) is 6.61 Å². The average molecular weight is 269 g/mol. The molecule has 3 heteroatoms. The number of ketones is 1. The lowest BCUT2D eigenvalue weighted by atomic mass is 10.0. The van der Waals surface area contributed by atoms with Gasteiger partial charge in [0.1, 0.15) is 0 Å². The van der Waals surface area contributed by atoms with Crippen molar-refractivity contribution in [2.75, 3.05) is 25.6 Å². The summed E-state index contributed by atoms with van der Waals surface area (Å²) in [5.41, 5.74) is 3.56. The van der Waals surface area contributed by atoms with Crippen molar-refractivity contribution in [2.45, 2.75) is 6.92 Å². The molecule has 104 valence electrons. The van der Waals surface area contributed by atoms with Gasteiger partial charge in [-0.25, -0.2) is 0 Å². The molecule has 0 aliphatic heterocycles. The van der Waals surface area contributed by atoms with Crippen LogP contribution in [0, 0.1) is 6.92 Å². The van der Waals surface area contributed by atoms with E-state index in [-0.39, 0.29) is 5.78 Å². The third-order valence-electron chi connectivity index (χ3n) is 3.10. The Morgan fingerprint density at radius 3 is 2.10 bits per heavy atom. The zero-order valence-electron chi connectivity index (χ0n) is 11.8. The second-order valence-electron chi connectivity index (χ2n) is 4.69. The van der Waals surface area contributed by atoms with Crippen molar-refractivity contribution in [3.63, 3.8) is 0 Å². The predicted molar refractivity (Wildman–Crippen MR) is 81.4 cm³/mol. The van der Waals surface area contributed by atoms with Gasteiger partial charge >= 0.3 is 0 Å². The van der Waals surface area contributed by atoms with Crippen LogP contribution in [0.15, 0.2) is 48.5 Å². The molecule has 0 spiro atoms. The third kappa shape index (κ3) is 3.68. The summed E-state index contributed by atoms with van der Waals surface area (Å²) >= 11 is 0. The summed E-state index contributed by atoms with van der Waals surface area (Å²) in [6.45, 7) is 3.42. The van der Waals surface area contributed by atoms with E-state index >= 15 is 0 Å². The maximum atomic E-state index is 12.3. The molecule has 0 heterocycles. The molecule has 0 unspecified atom stereocenters. The van der Waals surface area contributed by atoms with Gasteiger partial charge in [-0.2, -0.15) is 0 Å². The van der Waals surface area contributed by atoms with E-state index in [0.717, 1.165) is 23.4 Å². The Morgan fingerprint density at radius 1 is 1.00 bits per heavy atom. The van der Waals surface area contributed by atoms with Crippen molar-refractivity contribution >= 4 is 11.5 Å². The van der Waals surface area contributed by atoms with Crippen LogP contribution in [0.2, 0.25) is 0 Å². The van der Waals surface area contributed by atoms with Gasteiger partial charge in [-0.05, 0) is 31.2 Å². The molecule has 2 rings (SSSR count). The molecule has 2 aromatic carbocycles. The van der Waals surface area contributed by atoms with Crippen LogP contribution in [0.3, 0.4) is 0 Å². The Labute approximate surface area is 119 Å². The summed E-state index contributed by atoms with van der Waals surface area (Å²) in [4.78, 5) is 12.3. The Bertz CT molecular complexity index is 559. The number of benzene rings is 2. The minimum absolute atomic E-state index is 0.0495. The highest BCUT2D eigenvalue weighted by Gasteiger charge is 2.08.